The lowest BCUT2D eigenvalue weighted by Gasteiger charge is -2.30. The second-order valence-corrected chi connectivity index (χ2v) is 7.36. The fourth-order valence-electron chi connectivity index (χ4n) is 2.64. The SMILES string of the molecule is Cc1ccc(C)c(S(=O)(=O)N2CCCC2(C)C(=O)O)c1. The molecule has 6 heteroatoms. The molecule has 1 heterocycles. The Bertz CT molecular complexity index is 653. The van der Waals surface area contributed by atoms with Gasteiger partial charge in [0.25, 0.3) is 0 Å². The van der Waals surface area contributed by atoms with Gasteiger partial charge in [-0.15, -0.1) is 0 Å². The van der Waals surface area contributed by atoms with E-state index in [-0.39, 0.29) is 11.4 Å². The van der Waals surface area contributed by atoms with E-state index in [2.05, 4.69) is 0 Å². The zero-order valence-electron chi connectivity index (χ0n) is 11.9. The van der Waals surface area contributed by atoms with Crippen LogP contribution in [0.25, 0.3) is 0 Å². The molecule has 1 aromatic rings. The van der Waals surface area contributed by atoms with Crippen LogP contribution in [0.1, 0.15) is 30.9 Å². The van der Waals surface area contributed by atoms with Gasteiger partial charge >= 0.3 is 5.97 Å². The maximum absolute atomic E-state index is 12.8. The average molecular weight is 297 g/mol. The van der Waals surface area contributed by atoms with E-state index in [4.69, 9.17) is 0 Å². The van der Waals surface area contributed by atoms with Gasteiger partial charge in [0.2, 0.25) is 10.0 Å². The first-order valence-electron chi connectivity index (χ1n) is 6.53. The van der Waals surface area contributed by atoms with Gasteiger partial charge in [-0.1, -0.05) is 12.1 Å². The van der Waals surface area contributed by atoms with Gasteiger partial charge in [-0.3, -0.25) is 4.79 Å². The third-order valence-electron chi connectivity index (χ3n) is 3.95. The molecule has 0 saturated carbocycles. The van der Waals surface area contributed by atoms with Crippen molar-refractivity contribution >= 4 is 16.0 Å². The highest BCUT2D eigenvalue weighted by molar-refractivity contribution is 7.89. The van der Waals surface area contributed by atoms with Gasteiger partial charge in [-0.25, -0.2) is 8.42 Å². The van der Waals surface area contributed by atoms with Gasteiger partial charge in [0.05, 0.1) is 4.90 Å². The summed E-state index contributed by atoms with van der Waals surface area (Å²) in [6, 6.07) is 5.19. The smallest absolute Gasteiger partial charge is 0.324 e. The summed E-state index contributed by atoms with van der Waals surface area (Å²) in [5, 5.41) is 9.37. The van der Waals surface area contributed by atoms with Crippen molar-refractivity contribution < 1.29 is 18.3 Å². The molecule has 1 aliphatic rings. The summed E-state index contributed by atoms with van der Waals surface area (Å²) in [4.78, 5) is 11.7. The molecule has 0 aromatic heterocycles. The van der Waals surface area contributed by atoms with Crippen LogP contribution < -0.4 is 0 Å². The number of carbonyl (C=O) groups is 1. The summed E-state index contributed by atoms with van der Waals surface area (Å²) in [5.41, 5.74) is 0.121. The normalized spacial score (nSPS) is 23.9. The van der Waals surface area contributed by atoms with Crippen molar-refractivity contribution in [2.45, 2.75) is 44.0 Å². The fourth-order valence-corrected chi connectivity index (χ4v) is 4.76. The van der Waals surface area contributed by atoms with E-state index in [1.165, 1.54) is 6.92 Å². The third kappa shape index (κ3) is 2.23. The van der Waals surface area contributed by atoms with E-state index in [1.54, 1.807) is 19.1 Å². The van der Waals surface area contributed by atoms with Crippen LogP contribution in [0.3, 0.4) is 0 Å². The van der Waals surface area contributed by atoms with Crippen LogP contribution >= 0.6 is 0 Å². The van der Waals surface area contributed by atoms with Gasteiger partial charge in [0.15, 0.2) is 0 Å². The lowest BCUT2D eigenvalue weighted by Crippen LogP contribution is -2.50. The first kappa shape index (κ1) is 15.0. The highest BCUT2D eigenvalue weighted by Crippen LogP contribution is 2.35. The Labute approximate surface area is 119 Å². The highest BCUT2D eigenvalue weighted by Gasteiger charge is 2.50. The quantitative estimate of drug-likeness (QED) is 0.925. The lowest BCUT2D eigenvalue weighted by molar-refractivity contribution is -0.146. The molecule has 1 aromatic carbocycles. The predicted molar refractivity (Wildman–Crippen MR) is 75.1 cm³/mol. The van der Waals surface area contributed by atoms with Crippen molar-refractivity contribution in [3.8, 4) is 0 Å². The lowest BCUT2D eigenvalue weighted by atomic mass is 10.0. The van der Waals surface area contributed by atoms with Gasteiger partial charge in [0, 0.05) is 6.54 Å². The summed E-state index contributed by atoms with van der Waals surface area (Å²) in [5.74, 6) is -1.09. The van der Waals surface area contributed by atoms with Gasteiger partial charge < -0.3 is 5.11 Å². The number of carboxylic acid groups (broad SMARTS) is 1. The number of aryl methyl sites for hydroxylation is 2. The van der Waals surface area contributed by atoms with E-state index < -0.39 is 21.5 Å². The Morgan fingerprint density at radius 3 is 2.60 bits per heavy atom. The van der Waals surface area contributed by atoms with Crippen molar-refractivity contribution in [2.24, 2.45) is 0 Å². The van der Waals surface area contributed by atoms with Crippen molar-refractivity contribution in [1.29, 1.82) is 0 Å². The van der Waals surface area contributed by atoms with E-state index >= 15 is 0 Å². The molecular weight excluding hydrogens is 278 g/mol. The molecule has 0 bridgehead atoms. The minimum absolute atomic E-state index is 0.201. The topological polar surface area (TPSA) is 74.7 Å². The molecule has 1 atom stereocenters. The Morgan fingerprint density at radius 2 is 2.00 bits per heavy atom. The number of carboxylic acids is 1. The van der Waals surface area contributed by atoms with Crippen LogP contribution in [0.4, 0.5) is 0 Å². The monoisotopic (exact) mass is 297 g/mol. The van der Waals surface area contributed by atoms with E-state index in [0.717, 1.165) is 9.87 Å². The molecular formula is C14H19NO4S. The number of sulfonamides is 1. The van der Waals surface area contributed by atoms with E-state index in [1.807, 2.05) is 13.0 Å². The molecule has 0 aliphatic carbocycles. The van der Waals surface area contributed by atoms with Crippen LogP contribution in [0.2, 0.25) is 0 Å². The standard InChI is InChI=1S/C14H19NO4S/c1-10-5-6-11(2)12(9-10)20(18,19)15-8-4-7-14(15,3)13(16)17/h5-6,9H,4,7-8H2,1-3H3,(H,16,17). The Morgan fingerprint density at radius 1 is 1.35 bits per heavy atom. The molecule has 1 aliphatic heterocycles. The molecule has 1 unspecified atom stereocenters. The molecule has 0 amide bonds. The van der Waals surface area contributed by atoms with Crippen molar-refractivity contribution in [3.63, 3.8) is 0 Å². The van der Waals surface area contributed by atoms with Crippen molar-refractivity contribution in [2.75, 3.05) is 6.54 Å². The summed E-state index contributed by atoms with van der Waals surface area (Å²) < 4.78 is 26.7. The van der Waals surface area contributed by atoms with Gasteiger partial charge in [0.1, 0.15) is 5.54 Å². The number of nitrogens with zero attached hydrogens (tertiary/aromatic N) is 1. The molecule has 2 rings (SSSR count). The molecule has 0 spiro atoms. The molecule has 110 valence electrons. The van der Waals surface area contributed by atoms with Crippen LogP contribution in [0.15, 0.2) is 23.1 Å². The first-order chi connectivity index (χ1) is 9.19. The maximum Gasteiger partial charge on any atom is 0.324 e. The molecule has 5 nitrogen and oxygen atoms in total. The largest absolute Gasteiger partial charge is 0.480 e. The number of rotatable bonds is 3. The summed E-state index contributed by atoms with van der Waals surface area (Å²) in [6.45, 7) is 5.27. The number of benzene rings is 1. The van der Waals surface area contributed by atoms with Gasteiger partial charge in [-0.05, 0) is 50.8 Å². The van der Waals surface area contributed by atoms with Crippen molar-refractivity contribution in [3.05, 3.63) is 29.3 Å². The number of hydrogen-bond donors (Lipinski definition) is 1. The summed E-state index contributed by atoms with van der Waals surface area (Å²) in [6.07, 6.45) is 0.902. The van der Waals surface area contributed by atoms with Crippen LogP contribution in [0, 0.1) is 13.8 Å². The van der Waals surface area contributed by atoms with Crippen molar-refractivity contribution in [1.82, 2.24) is 4.31 Å². The second-order valence-electron chi connectivity index (χ2n) is 5.53. The molecule has 20 heavy (non-hydrogen) atoms. The molecule has 0 radical (unpaired) electrons. The maximum atomic E-state index is 12.8. The number of aliphatic carboxylic acids is 1. The second kappa shape index (κ2) is 4.86. The van der Waals surface area contributed by atoms with Gasteiger partial charge in [-0.2, -0.15) is 4.31 Å². The minimum Gasteiger partial charge on any atom is -0.480 e. The minimum atomic E-state index is -3.79. The Kier molecular flexibility index (Phi) is 3.64. The molecule has 1 N–H and O–H groups in total. The zero-order chi connectivity index (χ0) is 15.1. The molecule has 1 saturated heterocycles. The van der Waals surface area contributed by atoms with Crippen LogP contribution in [0.5, 0.6) is 0 Å². The molecule has 1 fully saturated rings. The zero-order valence-corrected chi connectivity index (χ0v) is 12.7. The number of hydrogen-bond acceptors (Lipinski definition) is 3. The fraction of sp³-hybridized carbons (Fsp3) is 0.500. The highest BCUT2D eigenvalue weighted by atomic mass is 32.2. The Hall–Kier alpha value is -1.40. The van der Waals surface area contributed by atoms with E-state index in [9.17, 15) is 18.3 Å². The first-order valence-corrected chi connectivity index (χ1v) is 7.97. The summed E-state index contributed by atoms with van der Waals surface area (Å²) in [7, 11) is -3.79. The third-order valence-corrected chi connectivity index (χ3v) is 6.11. The van der Waals surface area contributed by atoms with Crippen LogP contribution in [-0.4, -0.2) is 35.9 Å². The van der Waals surface area contributed by atoms with E-state index in [0.29, 0.717) is 18.4 Å². The average Bonchev–Trinajstić information content (AvgIpc) is 2.76. The summed E-state index contributed by atoms with van der Waals surface area (Å²) >= 11 is 0. The van der Waals surface area contributed by atoms with Crippen LogP contribution in [-0.2, 0) is 14.8 Å². The Balaban J connectivity index is 2.55. The predicted octanol–water partition coefficient (Wildman–Crippen LogP) is 1.93.